The van der Waals surface area contributed by atoms with Crippen LogP contribution >= 0.6 is 0 Å². The highest BCUT2D eigenvalue weighted by molar-refractivity contribution is 5.92. The minimum atomic E-state index is -4.63. The van der Waals surface area contributed by atoms with Crippen molar-refractivity contribution in [2.24, 2.45) is 7.05 Å². The Labute approximate surface area is 145 Å². The highest BCUT2D eigenvalue weighted by Gasteiger charge is 2.35. The van der Waals surface area contributed by atoms with Crippen molar-refractivity contribution in [1.82, 2.24) is 30.2 Å². The number of amides is 1. The van der Waals surface area contributed by atoms with Crippen LogP contribution in [0, 0.1) is 0 Å². The van der Waals surface area contributed by atoms with Crippen LogP contribution in [-0.2, 0) is 13.2 Å². The number of nitrogens with one attached hydrogen (secondary N) is 1. The molecule has 0 aliphatic heterocycles. The average Bonchev–Trinajstić information content (AvgIpc) is 3.22. The van der Waals surface area contributed by atoms with E-state index in [9.17, 15) is 18.0 Å². The first-order valence-electron chi connectivity index (χ1n) is 7.42. The summed E-state index contributed by atoms with van der Waals surface area (Å²) in [6.45, 7) is 1.57. The first-order chi connectivity index (χ1) is 12.3. The molecule has 3 aromatic heterocycles. The van der Waals surface area contributed by atoms with E-state index in [1.54, 1.807) is 31.5 Å². The molecular formula is C15H13F3N6O2. The normalized spacial score (nSPS) is 12.8. The molecule has 3 rings (SSSR count). The molecule has 0 aromatic carbocycles. The maximum absolute atomic E-state index is 12.7. The lowest BCUT2D eigenvalue weighted by Gasteiger charge is -2.09. The molecule has 0 fully saturated rings. The molecule has 0 aliphatic rings. The number of hydrogen-bond acceptors (Lipinski definition) is 6. The van der Waals surface area contributed by atoms with Crippen molar-refractivity contribution < 1.29 is 22.5 Å². The van der Waals surface area contributed by atoms with Crippen molar-refractivity contribution in [3.63, 3.8) is 0 Å². The molecule has 3 heterocycles. The number of carbonyl (C=O) groups excluding carboxylic acids is 1. The van der Waals surface area contributed by atoms with E-state index in [0.717, 1.165) is 4.68 Å². The van der Waals surface area contributed by atoms with E-state index in [1.807, 2.05) is 0 Å². The summed E-state index contributed by atoms with van der Waals surface area (Å²) in [5, 5.41) is 9.60. The van der Waals surface area contributed by atoms with E-state index in [4.69, 9.17) is 4.52 Å². The second kappa shape index (κ2) is 6.58. The number of hydrogen-bond donors (Lipinski definition) is 1. The summed E-state index contributed by atoms with van der Waals surface area (Å²) in [4.78, 5) is 20.3. The van der Waals surface area contributed by atoms with Gasteiger partial charge in [0.05, 0.1) is 0 Å². The fourth-order valence-corrected chi connectivity index (χ4v) is 2.17. The van der Waals surface area contributed by atoms with Gasteiger partial charge < -0.3 is 9.84 Å². The molecule has 1 N–H and O–H groups in total. The zero-order valence-corrected chi connectivity index (χ0v) is 13.7. The zero-order valence-electron chi connectivity index (χ0n) is 13.7. The lowest BCUT2D eigenvalue weighted by Crippen LogP contribution is -2.28. The summed E-state index contributed by atoms with van der Waals surface area (Å²) >= 11 is 0. The van der Waals surface area contributed by atoms with Gasteiger partial charge in [0.1, 0.15) is 11.7 Å². The van der Waals surface area contributed by atoms with Gasteiger partial charge in [-0.2, -0.15) is 23.3 Å². The Morgan fingerprint density at radius 3 is 2.77 bits per heavy atom. The maximum Gasteiger partial charge on any atom is 0.435 e. The first kappa shape index (κ1) is 17.6. The Bertz CT molecular complexity index is 919. The van der Waals surface area contributed by atoms with E-state index in [-0.39, 0.29) is 17.4 Å². The van der Waals surface area contributed by atoms with Gasteiger partial charge in [-0.15, -0.1) is 0 Å². The molecule has 26 heavy (non-hydrogen) atoms. The zero-order chi connectivity index (χ0) is 18.9. The number of aromatic nitrogens is 5. The second-order valence-corrected chi connectivity index (χ2v) is 5.43. The van der Waals surface area contributed by atoms with Crippen LogP contribution in [0.15, 0.2) is 35.1 Å². The van der Waals surface area contributed by atoms with Gasteiger partial charge in [0.15, 0.2) is 5.69 Å². The van der Waals surface area contributed by atoms with Crippen LogP contribution in [0.5, 0.6) is 0 Å². The molecule has 8 nitrogen and oxygen atoms in total. The standard InChI is InChI=1S/C15H13F3N6O2/c1-8(14-21-12(23-26-14)9-4-3-5-19-7-9)20-13(25)10-6-11(15(16,17)18)22-24(10)2/h3-8H,1-2H3,(H,20,25)/t8-/m0/s1. The van der Waals surface area contributed by atoms with Gasteiger partial charge in [-0.25, -0.2) is 0 Å². The lowest BCUT2D eigenvalue weighted by molar-refractivity contribution is -0.141. The first-order valence-corrected chi connectivity index (χ1v) is 7.42. The number of rotatable bonds is 4. The third-order valence-electron chi connectivity index (χ3n) is 3.48. The summed E-state index contributed by atoms with van der Waals surface area (Å²) < 4.78 is 44.0. The third kappa shape index (κ3) is 3.55. The summed E-state index contributed by atoms with van der Waals surface area (Å²) in [5.41, 5.74) is -0.756. The van der Waals surface area contributed by atoms with Gasteiger partial charge in [0.2, 0.25) is 11.7 Å². The van der Waals surface area contributed by atoms with E-state index in [2.05, 4.69) is 25.5 Å². The molecule has 1 atom stereocenters. The quantitative estimate of drug-likeness (QED) is 0.761. The highest BCUT2D eigenvalue weighted by atomic mass is 19.4. The fourth-order valence-electron chi connectivity index (χ4n) is 2.17. The van der Waals surface area contributed by atoms with Crippen LogP contribution < -0.4 is 5.32 Å². The Morgan fingerprint density at radius 1 is 1.38 bits per heavy atom. The largest absolute Gasteiger partial charge is 0.435 e. The van der Waals surface area contributed by atoms with Gasteiger partial charge >= 0.3 is 6.18 Å². The number of nitrogens with zero attached hydrogens (tertiary/aromatic N) is 5. The summed E-state index contributed by atoms with van der Waals surface area (Å²) in [5.74, 6) is -0.353. The smallest absolute Gasteiger partial charge is 0.339 e. The monoisotopic (exact) mass is 366 g/mol. The summed E-state index contributed by atoms with van der Waals surface area (Å²) in [7, 11) is 1.25. The molecule has 0 radical (unpaired) electrons. The Balaban J connectivity index is 1.74. The summed E-state index contributed by atoms with van der Waals surface area (Å²) in [6, 6.07) is 3.40. The van der Waals surface area contributed by atoms with E-state index in [1.165, 1.54) is 7.05 Å². The van der Waals surface area contributed by atoms with Crippen LogP contribution in [0.3, 0.4) is 0 Å². The minimum absolute atomic E-state index is 0.107. The van der Waals surface area contributed by atoms with E-state index in [0.29, 0.717) is 11.6 Å². The molecular weight excluding hydrogens is 353 g/mol. The molecule has 1 amide bonds. The van der Waals surface area contributed by atoms with Crippen molar-refractivity contribution in [3.8, 4) is 11.4 Å². The van der Waals surface area contributed by atoms with Gasteiger partial charge in [-0.1, -0.05) is 5.16 Å². The van der Waals surface area contributed by atoms with Crippen molar-refractivity contribution in [2.45, 2.75) is 19.1 Å². The molecule has 0 bridgehead atoms. The number of pyridine rings is 1. The second-order valence-electron chi connectivity index (χ2n) is 5.43. The van der Waals surface area contributed by atoms with Gasteiger partial charge in [0.25, 0.3) is 5.91 Å². The Hall–Kier alpha value is -3.24. The van der Waals surface area contributed by atoms with Crippen molar-refractivity contribution in [2.75, 3.05) is 0 Å². The molecule has 0 aliphatic carbocycles. The van der Waals surface area contributed by atoms with Crippen molar-refractivity contribution in [1.29, 1.82) is 0 Å². The van der Waals surface area contributed by atoms with Crippen molar-refractivity contribution in [3.05, 3.63) is 47.9 Å². The predicted molar refractivity (Wildman–Crippen MR) is 81.6 cm³/mol. The number of carbonyl (C=O) groups is 1. The molecule has 0 saturated carbocycles. The van der Waals surface area contributed by atoms with Gasteiger partial charge in [-0.05, 0) is 19.1 Å². The topological polar surface area (TPSA) is 98.7 Å². The van der Waals surface area contributed by atoms with Crippen molar-refractivity contribution >= 4 is 5.91 Å². The highest BCUT2D eigenvalue weighted by Crippen LogP contribution is 2.28. The average molecular weight is 366 g/mol. The molecule has 0 unspecified atom stereocenters. The van der Waals surface area contributed by atoms with Crippen LogP contribution in [0.1, 0.15) is 35.0 Å². The van der Waals surface area contributed by atoms with Gasteiger partial charge in [-0.3, -0.25) is 14.5 Å². The van der Waals surface area contributed by atoms with Gasteiger partial charge in [0, 0.05) is 31.1 Å². The van der Waals surface area contributed by atoms with Crippen LogP contribution in [0.25, 0.3) is 11.4 Å². The molecule has 136 valence electrons. The Morgan fingerprint density at radius 2 is 2.15 bits per heavy atom. The molecule has 11 heteroatoms. The predicted octanol–water partition coefficient (Wildman–Crippen LogP) is 2.37. The molecule has 0 spiro atoms. The van der Waals surface area contributed by atoms with Crippen LogP contribution in [0.2, 0.25) is 0 Å². The fraction of sp³-hybridized carbons (Fsp3) is 0.267. The summed E-state index contributed by atoms with van der Waals surface area (Å²) in [6.07, 6.45) is -1.49. The molecule has 3 aromatic rings. The Kier molecular flexibility index (Phi) is 4.45. The number of aryl methyl sites for hydroxylation is 1. The van der Waals surface area contributed by atoms with E-state index < -0.39 is 23.8 Å². The number of halogens is 3. The minimum Gasteiger partial charge on any atom is -0.339 e. The third-order valence-corrected chi connectivity index (χ3v) is 3.48. The maximum atomic E-state index is 12.7. The SMILES string of the molecule is C[C@H](NC(=O)c1cc(C(F)(F)F)nn1C)c1nc(-c2cccnc2)no1. The van der Waals surface area contributed by atoms with E-state index >= 15 is 0 Å². The van der Waals surface area contributed by atoms with Crippen LogP contribution in [0.4, 0.5) is 13.2 Å². The number of alkyl halides is 3. The lowest BCUT2D eigenvalue weighted by atomic mass is 10.2. The van der Waals surface area contributed by atoms with Crippen LogP contribution in [-0.4, -0.2) is 30.8 Å². The molecule has 0 saturated heterocycles.